The van der Waals surface area contributed by atoms with Crippen molar-refractivity contribution in [1.29, 1.82) is 0 Å². The normalized spacial score (nSPS) is 10.6. The molecule has 0 atom stereocenters. The minimum atomic E-state index is -0.165. The van der Waals surface area contributed by atoms with Crippen molar-refractivity contribution in [2.24, 2.45) is 0 Å². The van der Waals surface area contributed by atoms with Gasteiger partial charge in [0.1, 0.15) is 6.33 Å². The van der Waals surface area contributed by atoms with Crippen molar-refractivity contribution < 1.29 is 4.74 Å². The van der Waals surface area contributed by atoms with Crippen LogP contribution >= 0.6 is 11.6 Å². The van der Waals surface area contributed by atoms with Crippen LogP contribution < -0.4 is 10.3 Å². The molecule has 3 aromatic rings. The standard InChI is InChI=1S/C15H13ClN4O2/c1-22-15-18-9-20(19-15)8-10-5-13(14(21)17-7-10)11-3-2-4-12(16)6-11/h2-7,9H,8H2,1H3,(H,17,21). The summed E-state index contributed by atoms with van der Waals surface area (Å²) in [6.45, 7) is 0.473. The summed E-state index contributed by atoms with van der Waals surface area (Å²) >= 11 is 5.99. The van der Waals surface area contributed by atoms with Crippen LogP contribution in [-0.4, -0.2) is 26.9 Å². The van der Waals surface area contributed by atoms with Crippen LogP contribution in [-0.2, 0) is 6.54 Å². The molecule has 0 spiro atoms. The van der Waals surface area contributed by atoms with Crippen LogP contribution in [0, 0.1) is 0 Å². The molecular weight excluding hydrogens is 304 g/mol. The molecule has 0 aliphatic heterocycles. The Morgan fingerprint density at radius 3 is 2.95 bits per heavy atom. The zero-order chi connectivity index (χ0) is 15.5. The first-order chi connectivity index (χ1) is 10.7. The largest absolute Gasteiger partial charge is 0.466 e. The van der Waals surface area contributed by atoms with Crippen LogP contribution in [0.1, 0.15) is 5.56 Å². The van der Waals surface area contributed by atoms with Gasteiger partial charge in [-0.2, -0.15) is 4.98 Å². The first-order valence-electron chi connectivity index (χ1n) is 6.56. The van der Waals surface area contributed by atoms with Crippen LogP contribution in [0.3, 0.4) is 0 Å². The molecule has 2 heterocycles. The van der Waals surface area contributed by atoms with E-state index in [0.717, 1.165) is 11.1 Å². The van der Waals surface area contributed by atoms with Crippen LogP contribution in [0.25, 0.3) is 11.1 Å². The fourth-order valence-corrected chi connectivity index (χ4v) is 2.31. The fourth-order valence-electron chi connectivity index (χ4n) is 2.12. The number of rotatable bonds is 4. The predicted molar refractivity (Wildman–Crippen MR) is 83.2 cm³/mol. The van der Waals surface area contributed by atoms with Crippen LogP contribution in [0.2, 0.25) is 5.02 Å². The number of aromatic nitrogens is 4. The van der Waals surface area contributed by atoms with E-state index in [1.54, 1.807) is 29.3 Å². The zero-order valence-electron chi connectivity index (χ0n) is 11.8. The van der Waals surface area contributed by atoms with E-state index < -0.39 is 0 Å². The van der Waals surface area contributed by atoms with Crippen molar-refractivity contribution in [2.75, 3.05) is 7.11 Å². The highest BCUT2D eigenvalue weighted by atomic mass is 35.5. The number of aromatic amines is 1. The van der Waals surface area contributed by atoms with Gasteiger partial charge in [-0.05, 0) is 29.3 Å². The maximum Gasteiger partial charge on any atom is 0.335 e. The third-order valence-electron chi connectivity index (χ3n) is 3.14. The van der Waals surface area contributed by atoms with Gasteiger partial charge in [-0.3, -0.25) is 4.79 Å². The molecule has 0 aliphatic carbocycles. The lowest BCUT2D eigenvalue weighted by atomic mass is 10.1. The summed E-state index contributed by atoms with van der Waals surface area (Å²) in [7, 11) is 1.51. The van der Waals surface area contributed by atoms with E-state index in [1.807, 2.05) is 18.2 Å². The quantitative estimate of drug-likeness (QED) is 0.802. The second kappa shape index (κ2) is 6.03. The molecule has 0 saturated heterocycles. The number of nitrogens with zero attached hydrogens (tertiary/aromatic N) is 3. The van der Waals surface area contributed by atoms with E-state index in [9.17, 15) is 4.79 Å². The molecule has 1 N–H and O–H groups in total. The van der Waals surface area contributed by atoms with Crippen molar-refractivity contribution in [2.45, 2.75) is 6.54 Å². The lowest BCUT2D eigenvalue weighted by Crippen LogP contribution is -2.11. The first kappa shape index (κ1) is 14.3. The molecule has 0 radical (unpaired) electrons. The number of methoxy groups -OCH3 is 1. The Balaban J connectivity index is 1.94. The third-order valence-corrected chi connectivity index (χ3v) is 3.38. The fraction of sp³-hybridized carbons (Fsp3) is 0.133. The average molecular weight is 317 g/mol. The van der Waals surface area contributed by atoms with Gasteiger partial charge in [-0.25, -0.2) is 4.68 Å². The van der Waals surface area contributed by atoms with Crippen LogP contribution in [0.5, 0.6) is 6.01 Å². The summed E-state index contributed by atoms with van der Waals surface area (Å²) in [6.07, 6.45) is 3.23. The number of benzene rings is 1. The van der Waals surface area contributed by atoms with E-state index in [4.69, 9.17) is 16.3 Å². The predicted octanol–water partition coefficient (Wildman–Crippen LogP) is 2.34. The van der Waals surface area contributed by atoms with Gasteiger partial charge in [0.2, 0.25) is 0 Å². The Kier molecular flexibility index (Phi) is 3.93. The minimum Gasteiger partial charge on any atom is -0.466 e. The van der Waals surface area contributed by atoms with Crippen LogP contribution in [0.15, 0.2) is 47.7 Å². The van der Waals surface area contributed by atoms with E-state index in [0.29, 0.717) is 23.1 Å². The smallest absolute Gasteiger partial charge is 0.335 e. The monoisotopic (exact) mass is 316 g/mol. The second-order valence-electron chi connectivity index (χ2n) is 4.69. The van der Waals surface area contributed by atoms with Crippen molar-refractivity contribution in [3.8, 4) is 17.1 Å². The molecule has 0 amide bonds. The summed E-state index contributed by atoms with van der Waals surface area (Å²) < 4.78 is 6.58. The van der Waals surface area contributed by atoms with Gasteiger partial charge in [-0.1, -0.05) is 23.7 Å². The topological polar surface area (TPSA) is 72.8 Å². The number of hydrogen-bond acceptors (Lipinski definition) is 4. The molecule has 0 bridgehead atoms. The van der Waals surface area contributed by atoms with Gasteiger partial charge < -0.3 is 9.72 Å². The molecule has 1 aromatic carbocycles. The summed E-state index contributed by atoms with van der Waals surface area (Å²) in [5.41, 5.74) is 2.06. The first-order valence-corrected chi connectivity index (χ1v) is 6.94. The maximum atomic E-state index is 12.0. The summed E-state index contributed by atoms with van der Waals surface area (Å²) in [6, 6.07) is 9.31. The van der Waals surface area contributed by atoms with Crippen LogP contribution in [0.4, 0.5) is 0 Å². The third kappa shape index (κ3) is 3.01. The Hall–Kier alpha value is -2.60. The highest BCUT2D eigenvalue weighted by Crippen LogP contribution is 2.20. The molecule has 0 unspecified atom stereocenters. The Morgan fingerprint density at radius 2 is 2.23 bits per heavy atom. The number of pyridine rings is 1. The van der Waals surface area contributed by atoms with E-state index in [-0.39, 0.29) is 5.56 Å². The summed E-state index contributed by atoms with van der Waals surface area (Å²) in [4.78, 5) is 18.7. The molecule has 2 aromatic heterocycles. The number of hydrogen-bond donors (Lipinski definition) is 1. The van der Waals surface area contributed by atoms with Gasteiger partial charge in [0.05, 0.1) is 13.7 Å². The number of H-pyrrole nitrogens is 1. The SMILES string of the molecule is COc1ncn(Cc2c[nH]c(=O)c(-c3cccc(Cl)c3)c2)n1. The van der Waals surface area contributed by atoms with E-state index in [1.165, 1.54) is 7.11 Å². The Labute approximate surface area is 131 Å². The van der Waals surface area contributed by atoms with Gasteiger partial charge >= 0.3 is 6.01 Å². The molecule has 0 aliphatic rings. The highest BCUT2D eigenvalue weighted by Gasteiger charge is 2.07. The van der Waals surface area contributed by atoms with Gasteiger partial charge in [0.25, 0.3) is 5.56 Å². The van der Waals surface area contributed by atoms with Crippen molar-refractivity contribution in [3.05, 3.63) is 63.8 Å². The molecule has 6 nitrogen and oxygen atoms in total. The lowest BCUT2D eigenvalue weighted by Gasteiger charge is -2.05. The summed E-state index contributed by atoms with van der Waals surface area (Å²) in [5.74, 6) is 0. The molecule has 7 heteroatoms. The lowest BCUT2D eigenvalue weighted by molar-refractivity contribution is 0.377. The second-order valence-corrected chi connectivity index (χ2v) is 5.13. The zero-order valence-corrected chi connectivity index (χ0v) is 12.5. The average Bonchev–Trinajstić information content (AvgIpc) is 2.97. The van der Waals surface area contributed by atoms with Crippen molar-refractivity contribution >= 4 is 11.6 Å². The Morgan fingerprint density at radius 1 is 1.36 bits per heavy atom. The molecule has 22 heavy (non-hydrogen) atoms. The highest BCUT2D eigenvalue weighted by molar-refractivity contribution is 6.30. The minimum absolute atomic E-state index is 0.165. The number of halogens is 1. The molecule has 0 saturated carbocycles. The molecular formula is C15H13ClN4O2. The van der Waals surface area contributed by atoms with E-state index >= 15 is 0 Å². The number of nitrogens with one attached hydrogen (secondary N) is 1. The van der Waals surface area contributed by atoms with Crippen molar-refractivity contribution in [3.63, 3.8) is 0 Å². The van der Waals surface area contributed by atoms with Gasteiger partial charge in [0, 0.05) is 16.8 Å². The number of ether oxygens (including phenoxy) is 1. The van der Waals surface area contributed by atoms with Gasteiger partial charge in [-0.15, -0.1) is 5.10 Å². The molecule has 3 rings (SSSR count). The van der Waals surface area contributed by atoms with Crippen molar-refractivity contribution in [1.82, 2.24) is 19.7 Å². The Bertz CT molecular complexity index is 856. The van der Waals surface area contributed by atoms with E-state index in [2.05, 4.69) is 15.1 Å². The molecule has 0 fully saturated rings. The summed E-state index contributed by atoms with van der Waals surface area (Å²) in [5, 5.41) is 4.72. The maximum absolute atomic E-state index is 12.0. The van der Waals surface area contributed by atoms with Gasteiger partial charge in [0.15, 0.2) is 0 Å². The molecule has 112 valence electrons.